The van der Waals surface area contributed by atoms with E-state index in [0.717, 1.165) is 31.2 Å². The molecule has 0 spiro atoms. The summed E-state index contributed by atoms with van der Waals surface area (Å²) in [6.07, 6.45) is 6.48. The minimum Gasteiger partial charge on any atom is -0.481 e. The molecule has 1 saturated heterocycles. The van der Waals surface area contributed by atoms with Crippen molar-refractivity contribution in [3.05, 3.63) is 29.2 Å². The lowest BCUT2D eigenvalue weighted by molar-refractivity contribution is 0.161. The number of piperidine rings is 1. The molecule has 120 valence electrons. The van der Waals surface area contributed by atoms with Gasteiger partial charge in [-0.15, -0.1) is 0 Å². The molecular weight excluding hydrogens is 278 g/mol. The quantitative estimate of drug-likeness (QED) is 0.867. The molecule has 2 aromatic heterocycles. The monoisotopic (exact) mass is 303 g/mol. The number of aryl methyl sites for hydroxylation is 3. The van der Waals surface area contributed by atoms with E-state index in [2.05, 4.69) is 39.8 Å². The van der Waals surface area contributed by atoms with Crippen LogP contribution in [-0.4, -0.2) is 44.7 Å². The number of hydrogen-bond donors (Lipinski definition) is 0. The van der Waals surface area contributed by atoms with Gasteiger partial charge in [0, 0.05) is 26.3 Å². The van der Waals surface area contributed by atoms with Gasteiger partial charge in [0.15, 0.2) is 0 Å². The van der Waals surface area contributed by atoms with Crippen molar-refractivity contribution in [3.8, 4) is 5.88 Å². The summed E-state index contributed by atoms with van der Waals surface area (Å²) in [5.74, 6) is 0.870. The van der Waals surface area contributed by atoms with E-state index >= 15 is 0 Å². The minimum atomic E-state index is 0.463. The average Bonchev–Trinajstić information content (AvgIpc) is 3.04. The molecule has 6 nitrogen and oxygen atoms in total. The molecule has 1 fully saturated rings. The Balaban J connectivity index is 1.73. The highest BCUT2D eigenvalue weighted by Gasteiger charge is 2.24. The van der Waals surface area contributed by atoms with E-state index in [4.69, 9.17) is 4.74 Å². The zero-order chi connectivity index (χ0) is 15.7. The summed E-state index contributed by atoms with van der Waals surface area (Å²) in [4.78, 5) is 2.48. The van der Waals surface area contributed by atoms with Gasteiger partial charge in [0.05, 0.1) is 30.6 Å². The molecule has 1 atom stereocenters. The lowest BCUT2D eigenvalue weighted by Crippen LogP contribution is -2.36. The lowest BCUT2D eigenvalue weighted by Gasteiger charge is -2.32. The van der Waals surface area contributed by atoms with Gasteiger partial charge in [0.2, 0.25) is 5.88 Å². The molecule has 0 unspecified atom stereocenters. The van der Waals surface area contributed by atoms with E-state index in [1.165, 1.54) is 24.0 Å². The van der Waals surface area contributed by atoms with Crippen LogP contribution in [-0.2, 0) is 13.6 Å². The smallest absolute Gasteiger partial charge is 0.216 e. The summed E-state index contributed by atoms with van der Waals surface area (Å²) in [7, 11) is 3.65. The molecule has 3 rings (SSSR count). The van der Waals surface area contributed by atoms with Crippen LogP contribution in [0.5, 0.6) is 5.88 Å². The maximum Gasteiger partial charge on any atom is 0.216 e. The third kappa shape index (κ3) is 2.88. The molecule has 22 heavy (non-hydrogen) atoms. The second kappa shape index (κ2) is 6.12. The topological polar surface area (TPSA) is 48.1 Å². The van der Waals surface area contributed by atoms with Crippen molar-refractivity contribution in [2.75, 3.05) is 20.2 Å². The SMILES string of the molecule is COc1c(CN2CCC[C@@H](n3cc(C)cn3)C2)c(C)nn1C. The molecule has 1 aliphatic heterocycles. The van der Waals surface area contributed by atoms with Gasteiger partial charge >= 0.3 is 0 Å². The van der Waals surface area contributed by atoms with Gasteiger partial charge in [-0.25, -0.2) is 4.68 Å². The molecule has 2 aromatic rings. The van der Waals surface area contributed by atoms with Crippen LogP contribution in [0.1, 0.15) is 35.7 Å². The van der Waals surface area contributed by atoms with Crippen LogP contribution in [0.4, 0.5) is 0 Å². The minimum absolute atomic E-state index is 0.463. The number of methoxy groups -OCH3 is 1. The van der Waals surface area contributed by atoms with Gasteiger partial charge in [-0.1, -0.05) is 0 Å². The number of hydrogen-bond acceptors (Lipinski definition) is 4. The van der Waals surface area contributed by atoms with E-state index in [0.29, 0.717) is 6.04 Å². The van der Waals surface area contributed by atoms with Crippen LogP contribution in [0, 0.1) is 13.8 Å². The summed E-state index contributed by atoms with van der Waals surface area (Å²) >= 11 is 0. The molecule has 0 aromatic carbocycles. The predicted octanol–water partition coefficient (Wildman–Crippen LogP) is 2.08. The molecule has 0 N–H and O–H groups in total. The standard InChI is InChI=1S/C16H25N5O/c1-12-8-17-21(9-12)14-6-5-7-20(10-14)11-15-13(2)18-19(3)16(15)22-4/h8-9,14H,5-7,10-11H2,1-4H3/t14-/m1/s1. The number of ether oxygens (including phenoxy) is 1. The van der Waals surface area contributed by atoms with Gasteiger partial charge in [-0.3, -0.25) is 9.58 Å². The zero-order valence-electron chi connectivity index (χ0n) is 13.9. The van der Waals surface area contributed by atoms with Crippen LogP contribution in [0.3, 0.4) is 0 Å². The largest absolute Gasteiger partial charge is 0.481 e. The molecule has 0 aliphatic carbocycles. The Bertz CT molecular complexity index is 645. The second-order valence-corrected chi connectivity index (χ2v) is 6.23. The summed E-state index contributed by atoms with van der Waals surface area (Å²) in [6, 6.07) is 0.463. The number of nitrogens with zero attached hydrogens (tertiary/aromatic N) is 5. The maximum atomic E-state index is 5.51. The molecule has 0 saturated carbocycles. The molecule has 0 amide bonds. The van der Waals surface area contributed by atoms with E-state index in [1.807, 2.05) is 17.9 Å². The normalized spacial score (nSPS) is 19.5. The predicted molar refractivity (Wildman–Crippen MR) is 85.0 cm³/mol. The fourth-order valence-electron chi connectivity index (χ4n) is 3.37. The van der Waals surface area contributed by atoms with E-state index in [1.54, 1.807) is 7.11 Å². The first-order chi connectivity index (χ1) is 10.6. The van der Waals surface area contributed by atoms with Crippen molar-refractivity contribution in [1.82, 2.24) is 24.5 Å². The summed E-state index contributed by atoms with van der Waals surface area (Å²) in [6.45, 7) is 7.18. The molecular formula is C16H25N5O. The summed E-state index contributed by atoms with van der Waals surface area (Å²) in [5, 5.41) is 8.96. The Kier molecular flexibility index (Phi) is 4.20. The first-order valence-electron chi connectivity index (χ1n) is 7.88. The summed E-state index contributed by atoms with van der Waals surface area (Å²) < 4.78 is 9.45. The first kappa shape index (κ1) is 15.1. The Hall–Kier alpha value is -1.82. The van der Waals surface area contributed by atoms with E-state index < -0.39 is 0 Å². The Morgan fingerprint density at radius 1 is 1.36 bits per heavy atom. The van der Waals surface area contributed by atoms with Crippen LogP contribution < -0.4 is 4.74 Å². The molecule has 6 heteroatoms. The Morgan fingerprint density at radius 2 is 2.18 bits per heavy atom. The molecule has 0 radical (unpaired) electrons. The maximum absolute atomic E-state index is 5.51. The third-order valence-corrected chi connectivity index (χ3v) is 4.45. The van der Waals surface area contributed by atoms with E-state index in [9.17, 15) is 0 Å². The van der Waals surface area contributed by atoms with Gasteiger partial charge in [0.1, 0.15) is 0 Å². The van der Waals surface area contributed by atoms with Crippen LogP contribution in [0.2, 0.25) is 0 Å². The van der Waals surface area contributed by atoms with Gasteiger partial charge in [-0.05, 0) is 38.8 Å². The van der Waals surface area contributed by atoms with Crippen molar-refractivity contribution in [3.63, 3.8) is 0 Å². The van der Waals surface area contributed by atoms with Crippen LogP contribution >= 0.6 is 0 Å². The number of aromatic nitrogens is 4. The van der Waals surface area contributed by atoms with Crippen molar-refractivity contribution < 1.29 is 4.74 Å². The van der Waals surface area contributed by atoms with Crippen molar-refractivity contribution in [2.45, 2.75) is 39.3 Å². The van der Waals surface area contributed by atoms with Crippen LogP contribution in [0.15, 0.2) is 12.4 Å². The van der Waals surface area contributed by atoms with Gasteiger partial charge in [0.25, 0.3) is 0 Å². The fourth-order valence-corrected chi connectivity index (χ4v) is 3.37. The zero-order valence-corrected chi connectivity index (χ0v) is 13.9. The highest BCUT2D eigenvalue weighted by molar-refractivity contribution is 5.30. The Labute approximate surface area is 131 Å². The van der Waals surface area contributed by atoms with Gasteiger partial charge < -0.3 is 4.74 Å². The number of rotatable bonds is 4. The average molecular weight is 303 g/mol. The number of likely N-dealkylation sites (tertiary alicyclic amines) is 1. The Morgan fingerprint density at radius 3 is 2.86 bits per heavy atom. The van der Waals surface area contributed by atoms with Crippen molar-refractivity contribution in [1.29, 1.82) is 0 Å². The molecule has 0 bridgehead atoms. The highest BCUT2D eigenvalue weighted by Crippen LogP contribution is 2.27. The second-order valence-electron chi connectivity index (χ2n) is 6.23. The molecule has 1 aliphatic rings. The lowest BCUT2D eigenvalue weighted by atomic mass is 10.0. The molecule has 3 heterocycles. The first-order valence-corrected chi connectivity index (χ1v) is 7.88. The van der Waals surface area contributed by atoms with E-state index in [-0.39, 0.29) is 0 Å². The highest BCUT2D eigenvalue weighted by atomic mass is 16.5. The van der Waals surface area contributed by atoms with Gasteiger partial charge in [-0.2, -0.15) is 10.2 Å². The fraction of sp³-hybridized carbons (Fsp3) is 0.625. The van der Waals surface area contributed by atoms with Crippen molar-refractivity contribution in [2.24, 2.45) is 7.05 Å². The summed E-state index contributed by atoms with van der Waals surface area (Å²) in [5.41, 5.74) is 3.47. The van der Waals surface area contributed by atoms with Crippen LogP contribution in [0.25, 0.3) is 0 Å². The third-order valence-electron chi connectivity index (χ3n) is 4.45. The van der Waals surface area contributed by atoms with Crippen molar-refractivity contribution >= 4 is 0 Å².